The maximum absolute atomic E-state index is 12.4. The molecule has 0 N–H and O–H groups in total. The van der Waals surface area contributed by atoms with E-state index in [9.17, 15) is 4.79 Å². The lowest BCUT2D eigenvalue weighted by molar-refractivity contribution is 0.0734. The van der Waals surface area contributed by atoms with Gasteiger partial charge in [0, 0.05) is 23.1 Å². The summed E-state index contributed by atoms with van der Waals surface area (Å²) in [4.78, 5) is 14.3. The molecule has 3 heteroatoms. The van der Waals surface area contributed by atoms with Gasteiger partial charge in [-0.2, -0.15) is 0 Å². The average Bonchev–Trinajstić information content (AvgIpc) is 2.47. The highest BCUT2D eigenvalue weighted by Gasteiger charge is 2.22. The highest BCUT2D eigenvalue weighted by Crippen LogP contribution is 2.26. The summed E-state index contributed by atoms with van der Waals surface area (Å²) in [6.45, 7) is 1.48. The number of nitrogens with zero attached hydrogens (tertiary/aromatic N) is 1. The van der Waals surface area contributed by atoms with E-state index in [1.54, 1.807) is 0 Å². The van der Waals surface area contributed by atoms with Gasteiger partial charge >= 0.3 is 0 Å². The van der Waals surface area contributed by atoms with E-state index < -0.39 is 0 Å². The van der Waals surface area contributed by atoms with Crippen LogP contribution in [0.2, 0.25) is 0 Å². The molecule has 19 heavy (non-hydrogen) atoms. The van der Waals surface area contributed by atoms with Gasteiger partial charge in [0.1, 0.15) is 0 Å². The Bertz CT molecular complexity index is 609. The second-order valence-electron chi connectivity index (χ2n) is 4.72. The van der Waals surface area contributed by atoms with E-state index in [1.165, 1.54) is 11.1 Å². The van der Waals surface area contributed by atoms with Crippen LogP contribution in [0.25, 0.3) is 0 Å². The molecule has 0 unspecified atom stereocenters. The zero-order valence-electron chi connectivity index (χ0n) is 10.5. The first kappa shape index (κ1) is 12.4. The Labute approximate surface area is 121 Å². The number of carbonyl (C=O) groups excluding carboxylic acids is 1. The molecule has 0 aliphatic carbocycles. The largest absolute Gasteiger partial charge is 0.334 e. The summed E-state index contributed by atoms with van der Waals surface area (Å²) in [6.07, 6.45) is 0.912. The lowest BCUT2D eigenvalue weighted by atomic mass is 9.99. The Balaban J connectivity index is 1.85. The molecule has 1 heterocycles. The van der Waals surface area contributed by atoms with Gasteiger partial charge in [-0.25, -0.2) is 0 Å². The number of hydrogen-bond donors (Lipinski definition) is 0. The molecule has 96 valence electrons. The fourth-order valence-electron chi connectivity index (χ4n) is 2.50. The van der Waals surface area contributed by atoms with E-state index in [1.807, 2.05) is 41.3 Å². The maximum atomic E-state index is 12.4. The van der Waals surface area contributed by atoms with E-state index >= 15 is 0 Å². The van der Waals surface area contributed by atoms with Crippen LogP contribution in [0.15, 0.2) is 53.0 Å². The number of halogens is 1. The van der Waals surface area contributed by atoms with Crippen LogP contribution in [0.3, 0.4) is 0 Å². The molecule has 2 aromatic rings. The van der Waals surface area contributed by atoms with Crippen LogP contribution < -0.4 is 0 Å². The third-order valence-corrected chi connectivity index (χ3v) is 4.26. The summed E-state index contributed by atoms with van der Waals surface area (Å²) in [6, 6.07) is 15.7. The highest BCUT2D eigenvalue weighted by atomic mass is 79.9. The zero-order valence-corrected chi connectivity index (χ0v) is 12.1. The van der Waals surface area contributed by atoms with Crippen molar-refractivity contribution in [1.29, 1.82) is 0 Å². The molecule has 3 rings (SSSR count). The molecule has 0 radical (unpaired) electrons. The minimum atomic E-state index is 0.117. The lowest BCUT2D eigenvalue weighted by Gasteiger charge is -2.29. The van der Waals surface area contributed by atoms with Crippen molar-refractivity contribution in [3.63, 3.8) is 0 Å². The molecule has 0 aromatic heterocycles. The summed E-state index contributed by atoms with van der Waals surface area (Å²) < 4.78 is 1.15. The van der Waals surface area contributed by atoms with E-state index in [0.29, 0.717) is 6.54 Å². The fraction of sp³-hybridized carbons (Fsp3) is 0.188. The molecule has 0 saturated heterocycles. The molecule has 0 spiro atoms. The molecule has 0 bridgehead atoms. The van der Waals surface area contributed by atoms with Gasteiger partial charge in [0.05, 0.1) is 0 Å². The second-order valence-corrected chi connectivity index (χ2v) is 5.57. The summed E-state index contributed by atoms with van der Waals surface area (Å²) in [5.41, 5.74) is 3.34. The normalized spacial score (nSPS) is 14.1. The Hall–Kier alpha value is -1.61. The molecule has 2 aromatic carbocycles. The van der Waals surface area contributed by atoms with Gasteiger partial charge in [-0.15, -0.1) is 0 Å². The van der Waals surface area contributed by atoms with Crippen LogP contribution in [0.4, 0.5) is 0 Å². The van der Waals surface area contributed by atoms with Gasteiger partial charge in [-0.3, -0.25) is 4.79 Å². The summed E-state index contributed by atoms with van der Waals surface area (Å²) >= 11 is 3.58. The lowest BCUT2D eigenvalue weighted by Crippen LogP contribution is -2.36. The Morgan fingerprint density at radius 3 is 2.63 bits per heavy atom. The maximum Gasteiger partial charge on any atom is 0.254 e. The molecule has 0 atom stereocenters. The van der Waals surface area contributed by atoms with Crippen molar-refractivity contribution >= 4 is 21.8 Å². The van der Waals surface area contributed by atoms with Crippen LogP contribution in [-0.2, 0) is 13.0 Å². The molecule has 0 fully saturated rings. The first-order valence-electron chi connectivity index (χ1n) is 6.36. The quantitative estimate of drug-likeness (QED) is 0.786. The zero-order chi connectivity index (χ0) is 13.2. The molecule has 1 aliphatic heterocycles. The standard InChI is InChI=1S/C16H14BrNO/c17-15-8-4-7-13-11-18(10-9-14(13)15)16(19)12-5-2-1-3-6-12/h1-8H,9-11H2. The van der Waals surface area contributed by atoms with Crippen molar-refractivity contribution in [3.8, 4) is 0 Å². The van der Waals surface area contributed by atoms with Crippen molar-refractivity contribution in [2.45, 2.75) is 13.0 Å². The third kappa shape index (κ3) is 2.43. The third-order valence-electron chi connectivity index (χ3n) is 3.52. The smallest absolute Gasteiger partial charge is 0.254 e. The average molecular weight is 316 g/mol. The number of benzene rings is 2. The Morgan fingerprint density at radius 2 is 1.84 bits per heavy atom. The number of hydrogen-bond acceptors (Lipinski definition) is 1. The van der Waals surface area contributed by atoms with Gasteiger partial charge in [0.2, 0.25) is 0 Å². The Morgan fingerprint density at radius 1 is 1.05 bits per heavy atom. The fourth-order valence-corrected chi connectivity index (χ4v) is 3.11. The first-order chi connectivity index (χ1) is 9.25. The van der Waals surface area contributed by atoms with E-state index in [-0.39, 0.29) is 5.91 Å². The predicted molar refractivity (Wildman–Crippen MR) is 79.0 cm³/mol. The number of fused-ring (bicyclic) bond motifs is 1. The van der Waals surface area contributed by atoms with Crippen molar-refractivity contribution in [3.05, 3.63) is 69.7 Å². The van der Waals surface area contributed by atoms with Crippen LogP contribution in [0, 0.1) is 0 Å². The predicted octanol–water partition coefficient (Wildman–Crippen LogP) is 3.65. The van der Waals surface area contributed by atoms with Crippen LogP contribution in [0.5, 0.6) is 0 Å². The first-order valence-corrected chi connectivity index (χ1v) is 7.15. The number of amides is 1. The minimum Gasteiger partial charge on any atom is -0.334 e. The van der Waals surface area contributed by atoms with Gasteiger partial charge < -0.3 is 4.90 Å². The molecule has 2 nitrogen and oxygen atoms in total. The topological polar surface area (TPSA) is 20.3 Å². The Kier molecular flexibility index (Phi) is 3.38. The van der Waals surface area contributed by atoms with E-state index in [4.69, 9.17) is 0 Å². The molecule has 1 amide bonds. The van der Waals surface area contributed by atoms with Crippen LogP contribution in [-0.4, -0.2) is 17.4 Å². The summed E-state index contributed by atoms with van der Waals surface area (Å²) in [7, 11) is 0. The summed E-state index contributed by atoms with van der Waals surface area (Å²) in [5.74, 6) is 0.117. The van der Waals surface area contributed by atoms with Crippen molar-refractivity contribution < 1.29 is 4.79 Å². The SMILES string of the molecule is O=C(c1ccccc1)N1CCc2c(Br)cccc2C1. The van der Waals surface area contributed by atoms with Crippen molar-refractivity contribution in [2.75, 3.05) is 6.54 Å². The van der Waals surface area contributed by atoms with Gasteiger partial charge in [0.25, 0.3) is 5.91 Å². The second kappa shape index (κ2) is 5.17. The van der Waals surface area contributed by atoms with Crippen LogP contribution >= 0.6 is 15.9 Å². The summed E-state index contributed by atoms with van der Waals surface area (Å²) in [5, 5.41) is 0. The molecule has 0 saturated carbocycles. The number of rotatable bonds is 1. The molecular weight excluding hydrogens is 302 g/mol. The van der Waals surface area contributed by atoms with E-state index in [2.05, 4.69) is 28.1 Å². The van der Waals surface area contributed by atoms with Gasteiger partial charge in [0.15, 0.2) is 0 Å². The number of carbonyl (C=O) groups is 1. The van der Waals surface area contributed by atoms with Crippen LogP contribution in [0.1, 0.15) is 21.5 Å². The minimum absolute atomic E-state index is 0.117. The van der Waals surface area contributed by atoms with Crippen molar-refractivity contribution in [1.82, 2.24) is 4.90 Å². The van der Waals surface area contributed by atoms with E-state index in [0.717, 1.165) is 23.0 Å². The van der Waals surface area contributed by atoms with Gasteiger partial charge in [-0.05, 0) is 35.7 Å². The van der Waals surface area contributed by atoms with Gasteiger partial charge in [-0.1, -0.05) is 46.3 Å². The molecule has 1 aliphatic rings. The highest BCUT2D eigenvalue weighted by molar-refractivity contribution is 9.10. The van der Waals surface area contributed by atoms with Crippen molar-refractivity contribution in [2.24, 2.45) is 0 Å². The monoisotopic (exact) mass is 315 g/mol. The molecular formula is C16H14BrNO.